The number of hydrogen-bond donors (Lipinski definition) is 1. The normalized spacial score (nSPS) is 10.7. The number of hydrogen-bond acceptors (Lipinski definition) is 3. The Kier molecular flexibility index (Phi) is 5.70. The predicted octanol–water partition coefficient (Wildman–Crippen LogP) is 4.58. The second-order valence-corrected chi connectivity index (χ2v) is 5.64. The standard InChI is InChI=1S/C16H18BrFN2O/c1-3-6-19-9-12-10-20-11(2)7-16(12)21-13-4-5-15(18)14(17)8-13/h4-5,7-8,10,19H,3,6,9H2,1-2H3. The van der Waals surface area contributed by atoms with Gasteiger partial charge in [0, 0.05) is 30.1 Å². The molecule has 0 saturated carbocycles. The molecule has 5 heteroatoms. The molecular weight excluding hydrogens is 335 g/mol. The van der Waals surface area contributed by atoms with Gasteiger partial charge in [0.05, 0.1) is 4.47 Å². The zero-order valence-corrected chi connectivity index (χ0v) is 13.7. The van der Waals surface area contributed by atoms with Gasteiger partial charge in [0.25, 0.3) is 0 Å². The van der Waals surface area contributed by atoms with Crippen molar-refractivity contribution in [2.75, 3.05) is 6.54 Å². The average molecular weight is 353 g/mol. The van der Waals surface area contributed by atoms with Crippen LogP contribution in [0.5, 0.6) is 11.5 Å². The minimum atomic E-state index is -0.307. The maximum absolute atomic E-state index is 13.3. The van der Waals surface area contributed by atoms with Crippen LogP contribution in [0.4, 0.5) is 4.39 Å². The van der Waals surface area contributed by atoms with Crippen LogP contribution in [0.15, 0.2) is 34.9 Å². The molecule has 1 N–H and O–H groups in total. The fourth-order valence-electron chi connectivity index (χ4n) is 1.86. The summed E-state index contributed by atoms with van der Waals surface area (Å²) >= 11 is 3.16. The Balaban J connectivity index is 2.20. The summed E-state index contributed by atoms with van der Waals surface area (Å²) in [7, 11) is 0. The molecule has 0 aliphatic rings. The third kappa shape index (κ3) is 4.51. The number of nitrogens with one attached hydrogen (secondary N) is 1. The second-order valence-electron chi connectivity index (χ2n) is 4.79. The first-order valence-electron chi connectivity index (χ1n) is 6.89. The zero-order chi connectivity index (χ0) is 15.2. The van der Waals surface area contributed by atoms with Crippen LogP contribution < -0.4 is 10.1 Å². The van der Waals surface area contributed by atoms with Gasteiger partial charge in [-0.25, -0.2) is 4.39 Å². The molecule has 3 nitrogen and oxygen atoms in total. The molecule has 0 radical (unpaired) electrons. The monoisotopic (exact) mass is 352 g/mol. The Morgan fingerprint density at radius 1 is 1.33 bits per heavy atom. The van der Waals surface area contributed by atoms with Crippen LogP contribution >= 0.6 is 15.9 Å². The molecule has 112 valence electrons. The number of aromatic nitrogens is 1. The molecule has 1 aromatic heterocycles. The van der Waals surface area contributed by atoms with Gasteiger partial charge in [0.1, 0.15) is 17.3 Å². The van der Waals surface area contributed by atoms with Gasteiger partial charge in [0.15, 0.2) is 0 Å². The fraction of sp³-hybridized carbons (Fsp3) is 0.312. The van der Waals surface area contributed by atoms with E-state index < -0.39 is 0 Å². The average Bonchev–Trinajstić information content (AvgIpc) is 2.45. The molecule has 1 aromatic carbocycles. The van der Waals surface area contributed by atoms with E-state index in [-0.39, 0.29) is 5.82 Å². The lowest BCUT2D eigenvalue weighted by molar-refractivity contribution is 0.468. The first kappa shape index (κ1) is 15.9. The highest BCUT2D eigenvalue weighted by Crippen LogP contribution is 2.28. The summed E-state index contributed by atoms with van der Waals surface area (Å²) in [5, 5.41) is 3.33. The molecule has 2 aromatic rings. The van der Waals surface area contributed by atoms with E-state index in [1.165, 1.54) is 6.07 Å². The molecule has 0 spiro atoms. The number of aryl methyl sites for hydroxylation is 1. The zero-order valence-electron chi connectivity index (χ0n) is 12.1. The topological polar surface area (TPSA) is 34.2 Å². The second kappa shape index (κ2) is 7.52. The van der Waals surface area contributed by atoms with Crippen molar-refractivity contribution in [3.8, 4) is 11.5 Å². The van der Waals surface area contributed by atoms with Gasteiger partial charge in [-0.2, -0.15) is 0 Å². The van der Waals surface area contributed by atoms with Crippen LogP contribution in [0.2, 0.25) is 0 Å². The smallest absolute Gasteiger partial charge is 0.137 e. The molecular formula is C16H18BrFN2O. The molecule has 0 amide bonds. The third-order valence-electron chi connectivity index (χ3n) is 2.94. The van der Waals surface area contributed by atoms with Crippen LogP contribution in [0.25, 0.3) is 0 Å². The predicted molar refractivity (Wildman–Crippen MR) is 85.1 cm³/mol. The molecule has 1 heterocycles. The largest absolute Gasteiger partial charge is 0.457 e. The summed E-state index contributed by atoms with van der Waals surface area (Å²) in [5.41, 5.74) is 1.86. The first-order chi connectivity index (χ1) is 10.1. The molecule has 0 aliphatic carbocycles. The quantitative estimate of drug-likeness (QED) is 0.772. The summed E-state index contributed by atoms with van der Waals surface area (Å²) in [6.45, 7) is 5.67. The Morgan fingerprint density at radius 2 is 2.14 bits per heavy atom. The lowest BCUT2D eigenvalue weighted by Crippen LogP contribution is -2.14. The first-order valence-corrected chi connectivity index (χ1v) is 7.68. The highest BCUT2D eigenvalue weighted by Gasteiger charge is 2.08. The van der Waals surface area contributed by atoms with Crippen molar-refractivity contribution in [2.24, 2.45) is 0 Å². The van der Waals surface area contributed by atoms with Gasteiger partial charge in [-0.15, -0.1) is 0 Å². The van der Waals surface area contributed by atoms with Gasteiger partial charge in [-0.05, 0) is 54.0 Å². The maximum atomic E-state index is 13.3. The van der Waals surface area contributed by atoms with Crippen LogP contribution in [0, 0.1) is 12.7 Å². The van der Waals surface area contributed by atoms with Gasteiger partial charge >= 0.3 is 0 Å². The molecule has 0 unspecified atom stereocenters. The number of rotatable bonds is 6. The lowest BCUT2D eigenvalue weighted by atomic mass is 10.2. The highest BCUT2D eigenvalue weighted by atomic mass is 79.9. The number of benzene rings is 1. The third-order valence-corrected chi connectivity index (χ3v) is 3.55. The molecule has 0 saturated heterocycles. The Morgan fingerprint density at radius 3 is 2.86 bits per heavy atom. The van der Waals surface area contributed by atoms with Crippen LogP contribution in [-0.2, 0) is 6.54 Å². The molecule has 0 bridgehead atoms. The van der Waals surface area contributed by atoms with Crippen molar-refractivity contribution >= 4 is 15.9 Å². The number of ether oxygens (including phenoxy) is 1. The van der Waals surface area contributed by atoms with Crippen LogP contribution in [0.3, 0.4) is 0 Å². The van der Waals surface area contributed by atoms with Crippen molar-refractivity contribution in [3.05, 3.63) is 52.0 Å². The summed E-state index contributed by atoms with van der Waals surface area (Å²) < 4.78 is 19.5. The molecule has 0 atom stereocenters. The van der Waals surface area contributed by atoms with Crippen LogP contribution in [0.1, 0.15) is 24.6 Å². The summed E-state index contributed by atoms with van der Waals surface area (Å²) in [4.78, 5) is 4.30. The Hall–Kier alpha value is -1.46. The van der Waals surface area contributed by atoms with Crippen molar-refractivity contribution < 1.29 is 9.13 Å². The van der Waals surface area contributed by atoms with E-state index in [1.807, 2.05) is 19.2 Å². The van der Waals surface area contributed by atoms with Crippen molar-refractivity contribution in [2.45, 2.75) is 26.8 Å². The number of halogens is 2. The SMILES string of the molecule is CCCNCc1cnc(C)cc1Oc1ccc(F)c(Br)c1. The van der Waals surface area contributed by atoms with E-state index in [0.29, 0.717) is 16.8 Å². The summed E-state index contributed by atoms with van der Waals surface area (Å²) in [6.07, 6.45) is 2.88. The minimum absolute atomic E-state index is 0.307. The molecule has 2 rings (SSSR count). The van der Waals surface area contributed by atoms with E-state index in [4.69, 9.17) is 4.74 Å². The van der Waals surface area contributed by atoms with Gasteiger partial charge in [0.2, 0.25) is 0 Å². The van der Waals surface area contributed by atoms with Gasteiger partial charge < -0.3 is 10.1 Å². The van der Waals surface area contributed by atoms with E-state index in [9.17, 15) is 4.39 Å². The van der Waals surface area contributed by atoms with Crippen LogP contribution in [-0.4, -0.2) is 11.5 Å². The number of nitrogens with zero attached hydrogens (tertiary/aromatic N) is 1. The Bertz CT molecular complexity index is 619. The van der Waals surface area contributed by atoms with Crippen molar-refractivity contribution in [1.82, 2.24) is 10.3 Å². The fourth-order valence-corrected chi connectivity index (χ4v) is 2.22. The molecule has 21 heavy (non-hydrogen) atoms. The van der Waals surface area contributed by atoms with E-state index in [0.717, 1.165) is 30.0 Å². The number of pyridine rings is 1. The van der Waals surface area contributed by atoms with Crippen molar-refractivity contribution in [1.29, 1.82) is 0 Å². The van der Waals surface area contributed by atoms with Gasteiger partial charge in [-0.1, -0.05) is 6.92 Å². The van der Waals surface area contributed by atoms with Crippen molar-refractivity contribution in [3.63, 3.8) is 0 Å². The minimum Gasteiger partial charge on any atom is -0.457 e. The highest BCUT2D eigenvalue weighted by molar-refractivity contribution is 9.10. The summed E-state index contributed by atoms with van der Waals surface area (Å²) in [6, 6.07) is 6.50. The molecule has 0 aliphatic heterocycles. The van der Waals surface area contributed by atoms with E-state index in [2.05, 4.69) is 33.2 Å². The molecule has 0 fully saturated rings. The van der Waals surface area contributed by atoms with Gasteiger partial charge in [-0.3, -0.25) is 4.98 Å². The van der Waals surface area contributed by atoms with E-state index in [1.54, 1.807) is 12.1 Å². The summed E-state index contributed by atoms with van der Waals surface area (Å²) in [5.74, 6) is 1.02. The lowest BCUT2D eigenvalue weighted by Gasteiger charge is -2.12. The Labute approximate surface area is 132 Å². The maximum Gasteiger partial charge on any atom is 0.137 e. The van der Waals surface area contributed by atoms with E-state index >= 15 is 0 Å².